The first-order chi connectivity index (χ1) is 12.6. The Hall–Kier alpha value is -2.42. The second-order valence-electron chi connectivity index (χ2n) is 5.72. The number of rotatable bonds is 7. The molecule has 1 fully saturated rings. The molecule has 0 radical (unpaired) electrons. The number of benzene rings is 2. The van der Waals surface area contributed by atoms with Gasteiger partial charge in [0.05, 0.1) is 25.8 Å². The molecule has 26 heavy (non-hydrogen) atoms. The van der Waals surface area contributed by atoms with E-state index in [0.717, 1.165) is 18.1 Å². The first-order valence-electron chi connectivity index (χ1n) is 8.04. The van der Waals surface area contributed by atoms with Gasteiger partial charge in [-0.3, -0.25) is 14.3 Å². The smallest absolute Gasteiger partial charge is 0.251 e. The largest absolute Gasteiger partial charge is 0.378 e. The van der Waals surface area contributed by atoms with Gasteiger partial charge in [0.1, 0.15) is 5.82 Å². The van der Waals surface area contributed by atoms with Crippen LogP contribution >= 0.6 is 11.9 Å². The van der Waals surface area contributed by atoms with Crippen molar-refractivity contribution in [2.75, 3.05) is 25.1 Å². The van der Waals surface area contributed by atoms with Crippen molar-refractivity contribution >= 4 is 29.4 Å². The minimum absolute atomic E-state index is 0.171. The summed E-state index contributed by atoms with van der Waals surface area (Å²) in [5.74, 6) is -1.19. The van der Waals surface area contributed by atoms with E-state index in [1.807, 2.05) is 12.1 Å². The number of amides is 2. The van der Waals surface area contributed by atoms with Gasteiger partial charge >= 0.3 is 0 Å². The molecule has 6 nitrogen and oxygen atoms in total. The van der Waals surface area contributed by atoms with E-state index in [2.05, 4.69) is 15.4 Å². The molecule has 1 heterocycles. The summed E-state index contributed by atoms with van der Waals surface area (Å²) in [6, 6.07) is 12.9. The van der Waals surface area contributed by atoms with Crippen LogP contribution in [0, 0.1) is 5.82 Å². The lowest BCUT2D eigenvalue weighted by atomic mass is 10.2. The van der Waals surface area contributed by atoms with Crippen LogP contribution in [0.25, 0.3) is 0 Å². The van der Waals surface area contributed by atoms with Crippen LogP contribution < -0.4 is 15.4 Å². The third kappa shape index (κ3) is 5.29. The minimum Gasteiger partial charge on any atom is -0.378 e. The maximum atomic E-state index is 12.8. The Morgan fingerprint density at radius 3 is 2.38 bits per heavy atom. The van der Waals surface area contributed by atoms with Crippen molar-refractivity contribution in [1.82, 2.24) is 10.0 Å². The van der Waals surface area contributed by atoms with Gasteiger partial charge in [0.25, 0.3) is 5.91 Å². The van der Waals surface area contributed by atoms with Crippen LogP contribution in [0.2, 0.25) is 0 Å². The van der Waals surface area contributed by atoms with Crippen LogP contribution in [-0.4, -0.2) is 37.6 Å². The number of nitrogens with one attached hydrogen (secondary N) is 3. The fraction of sp³-hybridized carbons (Fsp3) is 0.222. The van der Waals surface area contributed by atoms with E-state index in [0.29, 0.717) is 17.3 Å². The molecule has 0 aliphatic carbocycles. The Balaban J connectivity index is 1.42. The summed E-state index contributed by atoms with van der Waals surface area (Å²) in [7, 11) is 0. The van der Waals surface area contributed by atoms with Gasteiger partial charge in [-0.15, -0.1) is 0 Å². The summed E-state index contributed by atoms with van der Waals surface area (Å²) >= 11 is 1.52. The normalized spacial score (nSPS) is 13.7. The molecule has 2 amide bonds. The third-order valence-corrected chi connectivity index (χ3v) is 4.59. The van der Waals surface area contributed by atoms with E-state index in [1.165, 1.54) is 36.2 Å². The second-order valence-corrected chi connectivity index (χ2v) is 6.63. The lowest BCUT2D eigenvalue weighted by Gasteiger charge is -2.26. The number of carbonyl (C=O) groups is 2. The van der Waals surface area contributed by atoms with Gasteiger partial charge in [-0.25, -0.2) is 4.39 Å². The summed E-state index contributed by atoms with van der Waals surface area (Å²) in [4.78, 5) is 24.8. The molecule has 1 aliphatic heterocycles. The summed E-state index contributed by atoms with van der Waals surface area (Å²) in [5.41, 5.74) is 0.937. The highest BCUT2D eigenvalue weighted by atomic mass is 32.2. The molecule has 1 saturated heterocycles. The molecule has 0 unspecified atom stereocenters. The number of ether oxygens (including phenoxy) is 1. The zero-order valence-electron chi connectivity index (χ0n) is 13.8. The van der Waals surface area contributed by atoms with E-state index in [-0.39, 0.29) is 12.5 Å². The summed E-state index contributed by atoms with van der Waals surface area (Å²) in [6.07, 6.45) is 0. The molecular weight excluding hydrogens is 357 g/mol. The molecule has 1 aliphatic rings. The SMILES string of the molecule is O=C(CNC(=O)c1ccc(F)cc1)Nc1ccc(SNC2COC2)cc1. The quantitative estimate of drug-likeness (QED) is 0.647. The van der Waals surface area contributed by atoms with Crippen LogP contribution in [0.3, 0.4) is 0 Å². The highest BCUT2D eigenvalue weighted by molar-refractivity contribution is 7.97. The Labute approximate surface area is 154 Å². The molecule has 2 aromatic carbocycles. The van der Waals surface area contributed by atoms with Crippen molar-refractivity contribution in [2.45, 2.75) is 10.9 Å². The number of halogens is 1. The number of hydrogen-bond acceptors (Lipinski definition) is 5. The molecule has 0 aromatic heterocycles. The molecule has 0 saturated carbocycles. The first kappa shape index (κ1) is 18.4. The van der Waals surface area contributed by atoms with Gasteiger partial charge in [-0.05, 0) is 60.5 Å². The van der Waals surface area contributed by atoms with Gasteiger partial charge in [-0.2, -0.15) is 0 Å². The average molecular weight is 375 g/mol. The number of carbonyl (C=O) groups excluding carboxylic acids is 2. The fourth-order valence-electron chi connectivity index (χ4n) is 2.13. The standard InChI is InChI=1S/C18H18FN3O3S/c19-13-3-1-12(2-4-13)18(24)20-9-17(23)21-14-5-7-16(8-6-14)26-22-15-10-25-11-15/h1-8,15,22H,9-11H2,(H,20,24)(H,21,23). The lowest BCUT2D eigenvalue weighted by molar-refractivity contribution is -0.115. The Bertz CT molecular complexity index is 764. The molecule has 3 N–H and O–H groups in total. The van der Waals surface area contributed by atoms with E-state index in [1.54, 1.807) is 12.1 Å². The molecular formula is C18H18FN3O3S. The Kier molecular flexibility index (Phi) is 6.21. The monoisotopic (exact) mass is 375 g/mol. The highest BCUT2D eigenvalue weighted by Crippen LogP contribution is 2.19. The van der Waals surface area contributed by atoms with Gasteiger partial charge in [-0.1, -0.05) is 0 Å². The summed E-state index contributed by atoms with van der Waals surface area (Å²) in [5, 5.41) is 5.21. The van der Waals surface area contributed by atoms with E-state index in [9.17, 15) is 14.0 Å². The third-order valence-electron chi connectivity index (χ3n) is 3.64. The maximum Gasteiger partial charge on any atom is 0.251 e. The van der Waals surface area contributed by atoms with Gasteiger partial charge in [0.2, 0.25) is 5.91 Å². The first-order valence-corrected chi connectivity index (χ1v) is 8.85. The molecule has 3 rings (SSSR count). The van der Waals surface area contributed by atoms with E-state index < -0.39 is 11.7 Å². The van der Waals surface area contributed by atoms with Gasteiger partial charge in [0.15, 0.2) is 0 Å². The van der Waals surface area contributed by atoms with Crippen molar-refractivity contribution in [2.24, 2.45) is 0 Å². The lowest BCUT2D eigenvalue weighted by Crippen LogP contribution is -2.42. The van der Waals surface area contributed by atoms with Crippen molar-refractivity contribution in [3.05, 3.63) is 59.9 Å². The molecule has 8 heteroatoms. The van der Waals surface area contributed by atoms with E-state index >= 15 is 0 Å². The topological polar surface area (TPSA) is 79.5 Å². The van der Waals surface area contributed by atoms with Crippen molar-refractivity contribution in [3.8, 4) is 0 Å². The van der Waals surface area contributed by atoms with Crippen LogP contribution in [-0.2, 0) is 9.53 Å². The molecule has 0 spiro atoms. The molecule has 2 aromatic rings. The summed E-state index contributed by atoms with van der Waals surface area (Å²) < 4.78 is 21.2. The molecule has 136 valence electrons. The van der Waals surface area contributed by atoms with Crippen LogP contribution in [0.1, 0.15) is 10.4 Å². The van der Waals surface area contributed by atoms with Crippen molar-refractivity contribution in [1.29, 1.82) is 0 Å². The molecule has 0 bridgehead atoms. The fourth-order valence-corrected chi connectivity index (χ4v) is 2.84. The van der Waals surface area contributed by atoms with Crippen molar-refractivity contribution < 1.29 is 18.7 Å². The molecule has 0 atom stereocenters. The Morgan fingerprint density at radius 2 is 1.77 bits per heavy atom. The predicted octanol–water partition coefficient (Wildman–Crippen LogP) is 2.19. The average Bonchev–Trinajstić information content (AvgIpc) is 2.60. The van der Waals surface area contributed by atoms with Crippen LogP contribution in [0.15, 0.2) is 53.4 Å². The zero-order chi connectivity index (χ0) is 18.4. The maximum absolute atomic E-state index is 12.8. The van der Waals surface area contributed by atoms with Crippen LogP contribution in [0.4, 0.5) is 10.1 Å². The van der Waals surface area contributed by atoms with Gasteiger partial charge < -0.3 is 15.4 Å². The minimum atomic E-state index is -0.432. The van der Waals surface area contributed by atoms with Gasteiger partial charge in [0, 0.05) is 16.1 Å². The van der Waals surface area contributed by atoms with Crippen molar-refractivity contribution in [3.63, 3.8) is 0 Å². The summed E-state index contributed by atoms with van der Waals surface area (Å²) in [6.45, 7) is 1.28. The number of anilines is 1. The number of hydrogen-bond donors (Lipinski definition) is 3. The van der Waals surface area contributed by atoms with E-state index in [4.69, 9.17) is 4.74 Å². The Morgan fingerprint density at radius 1 is 1.08 bits per heavy atom. The van der Waals surface area contributed by atoms with Crippen LogP contribution in [0.5, 0.6) is 0 Å². The second kappa shape index (κ2) is 8.79. The highest BCUT2D eigenvalue weighted by Gasteiger charge is 2.17. The zero-order valence-corrected chi connectivity index (χ0v) is 14.6. The predicted molar refractivity (Wildman–Crippen MR) is 97.4 cm³/mol.